The third-order valence-electron chi connectivity index (χ3n) is 2.87. The third kappa shape index (κ3) is 5.31. The topological polar surface area (TPSA) is 27.3 Å². The van der Waals surface area contributed by atoms with Gasteiger partial charge in [0.05, 0.1) is 0 Å². The summed E-state index contributed by atoms with van der Waals surface area (Å²) >= 11 is 0. The highest BCUT2D eigenvalue weighted by atomic mass is 15.2. The fourth-order valence-electron chi connectivity index (χ4n) is 1.94. The molecule has 1 aromatic carbocycles. The van der Waals surface area contributed by atoms with Crippen molar-refractivity contribution in [2.45, 2.75) is 19.5 Å². The smallest absolute Gasteiger partial charge is 0.0237 e. The van der Waals surface area contributed by atoms with Gasteiger partial charge in [0.2, 0.25) is 0 Å². The number of nitrogens with one attached hydrogen (secondary N) is 2. The summed E-state index contributed by atoms with van der Waals surface area (Å²) in [5.74, 6) is 0. The van der Waals surface area contributed by atoms with E-state index in [2.05, 4.69) is 52.8 Å². The van der Waals surface area contributed by atoms with Crippen LogP contribution in [0.2, 0.25) is 0 Å². The van der Waals surface area contributed by atoms with Gasteiger partial charge in [-0.25, -0.2) is 0 Å². The molecule has 1 atom stereocenters. The number of hydrogen-bond acceptors (Lipinski definition) is 3. The van der Waals surface area contributed by atoms with E-state index in [1.165, 1.54) is 5.56 Å². The predicted molar refractivity (Wildman–Crippen MR) is 74.2 cm³/mol. The lowest BCUT2D eigenvalue weighted by Gasteiger charge is -2.33. The normalized spacial score (nSPS) is 20.5. The summed E-state index contributed by atoms with van der Waals surface area (Å²) in [6.45, 7) is 6.78. The molecule has 0 aliphatic carbocycles. The van der Waals surface area contributed by atoms with Crippen molar-refractivity contribution in [3.8, 4) is 0 Å². The van der Waals surface area contributed by atoms with Crippen molar-refractivity contribution in [2.24, 2.45) is 0 Å². The summed E-state index contributed by atoms with van der Waals surface area (Å²) in [7, 11) is 3.75. The zero-order chi connectivity index (χ0) is 12.5. The molecule has 2 N–H and O–H groups in total. The second kappa shape index (κ2) is 8.23. The van der Waals surface area contributed by atoms with Gasteiger partial charge in [-0.15, -0.1) is 0 Å². The summed E-state index contributed by atoms with van der Waals surface area (Å²) in [5, 5.41) is 6.16. The van der Waals surface area contributed by atoms with Crippen LogP contribution in [0.3, 0.4) is 0 Å². The Morgan fingerprint density at radius 1 is 1.29 bits per heavy atom. The molecule has 0 aromatic heterocycles. The van der Waals surface area contributed by atoms with Gasteiger partial charge in [0.25, 0.3) is 0 Å². The Bertz CT molecular complexity index is 287. The highest BCUT2D eigenvalue weighted by Crippen LogP contribution is 2.09. The van der Waals surface area contributed by atoms with Crippen LogP contribution >= 0.6 is 0 Å². The van der Waals surface area contributed by atoms with E-state index in [0.717, 1.165) is 26.2 Å². The molecule has 0 saturated carbocycles. The zero-order valence-corrected chi connectivity index (χ0v) is 11.2. The van der Waals surface area contributed by atoms with E-state index in [-0.39, 0.29) is 0 Å². The van der Waals surface area contributed by atoms with Crippen molar-refractivity contribution in [1.29, 1.82) is 0 Å². The molecular formula is C14H25N3. The van der Waals surface area contributed by atoms with Crippen LogP contribution in [0, 0.1) is 0 Å². The van der Waals surface area contributed by atoms with Crippen LogP contribution in [0.5, 0.6) is 0 Å². The monoisotopic (exact) mass is 235 g/mol. The summed E-state index contributed by atoms with van der Waals surface area (Å²) in [4.78, 5) is 2.53. The van der Waals surface area contributed by atoms with Crippen molar-refractivity contribution < 1.29 is 0 Å². The van der Waals surface area contributed by atoms with Crippen LogP contribution in [0.15, 0.2) is 30.3 Å². The van der Waals surface area contributed by atoms with Gasteiger partial charge in [-0.05, 0) is 26.6 Å². The molecule has 17 heavy (non-hydrogen) atoms. The van der Waals surface area contributed by atoms with Gasteiger partial charge in [0.15, 0.2) is 0 Å². The first-order chi connectivity index (χ1) is 8.27. The quantitative estimate of drug-likeness (QED) is 0.809. The van der Waals surface area contributed by atoms with Gasteiger partial charge in [0.1, 0.15) is 0 Å². The first kappa shape index (κ1) is 14.2. The molecule has 1 aliphatic heterocycles. The number of piperazine rings is 1. The largest absolute Gasteiger partial charge is 0.323 e. The Balaban J connectivity index is 0.000000437. The zero-order valence-electron chi connectivity index (χ0n) is 11.2. The molecule has 1 aliphatic rings. The molecule has 96 valence electrons. The van der Waals surface area contributed by atoms with Gasteiger partial charge in [-0.2, -0.15) is 0 Å². The van der Waals surface area contributed by atoms with Crippen molar-refractivity contribution in [3.63, 3.8) is 0 Å². The van der Waals surface area contributed by atoms with E-state index in [1.54, 1.807) is 0 Å². The second-order valence-electron chi connectivity index (χ2n) is 4.51. The molecule has 1 heterocycles. The number of hydrogen-bond donors (Lipinski definition) is 2. The molecule has 2 rings (SSSR count). The maximum Gasteiger partial charge on any atom is 0.0237 e. The van der Waals surface area contributed by atoms with Gasteiger partial charge in [-0.1, -0.05) is 30.3 Å². The molecule has 3 nitrogen and oxygen atoms in total. The lowest BCUT2D eigenvalue weighted by atomic mass is 10.1. The average Bonchev–Trinajstić information content (AvgIpc) is 2.35. The van der Waals surface area contributed by atoms with E-state index in [9.17, 15) is 0 Å². The lowest BCUT2D eigenvalue weighted by Crippen LogP contribution is -2.49. The van der Waals surface area contributed by atoms with E-state index in [4.69, 9.17) is 0 Å². The van der Waals surface area contributed by atoms with Gasteiger partial charge >= 0.3 is 0 Å². The highest BCUT2D eigenvalue weighted by molar-refractivity contribution is 5.14. The number of nitrogens with zero attached hydrogens (tertiary/aromatic N) is 1. The number of rotatable bonds is 2. The summed E-state index contributed by atoms with van der Waals surface area (Å²) in [5.41, 5.74) is 1.42. The second-order valence-corrected chi connectivity index (χ2v) is 4.51. The molecular weight excluding hydrogens is 210 g/mol. The maximum absolute atomic E-state index is 3.41. The van der Waals surface area contributed by atoms with Crippen LogP contribution in [-0.4, -0.2) is 44.7 Å². The maximum atomic E-state index is 3.41. The van der Waals surface area contributed by atoms with E-state index < -0.39 is 0 Å². The molecule has 0 bridgehead atoms. The summed E-state index contributed by atoms with van der Waals surface area (Å²) in [6.07, 6.45) is 0. The van der Waals surface area contributed by atoms with Crippen LogP contribution in [0.25, 0.3) is 0 Å². The fourth-order valence-corrected chi connectivity index (χ4v) is 1.94. The van der Waals surface area contributed by atoms with Crippen molar-refractivity contribution in [3.05, 3.63) is 35.9 Å². The Kier molecular flexibility index (Phi) is 6.86. The number of benzene rings is 1. The third-order valence-corrected chi connectivity index (χ3v) is 2.87. The molecule has 3 heteroatoms. The Hall–Kier alpha value is -0.900. The lowest BCUT2D eigenvalue weighted by molar-refractivity contribution is 0.165. The fraction of sp³-hybridized carbons (Fsp3) is 0.571. The molecule has 1 saturated heterocycles. The minimum atomic E-state index is 0.656. The van der Waals surface area contributed by atoms with E-state index >= 15 is 0 Å². The van der Waals surface area contributed by atoms with E-state index in [1.807, 2.05) is 14.1 Å². The van der Waals surface area contributed by atoms with Crippen molar-refractivity contribution >= 4 is 0 Å². The molecule has 0 radical (unpaired) electrons. The molecule has 0 spiro atoms. The summed E-state index contributed by atoms with van der Waals surface area (Å²) in [6, 6.07) is 11.4. The Labute approximate surface area is 105 Å². The Morgan fingerprint density at radius 3 is 2.53 bits per heavy atom. The minimum absolute atomic E-state index is 0.656. The van der Waals surface area contributed by atoms with Crippen molar-refractivity contribution in [1.82, 2.24) is 15.5 Å². The van der Waals surface area contributed by atoms with Gasteiger partial charge < -0.3 is 10.6 Å². The summed E-state index contributed by atoms with van der Waals surface area (Å²) < 4.78 is 0. The standard InChI is InChI=1S/C12H18N2.C2H7N/c1-11-9-13-7-8-14(11)10-12-5-3-2-4-6-12;1-3-2/h2-6,11,13H,7-10H2,1H3;3H,1-2H3. The first-order valence-corrected chi connectivity index (χ1v) is 6.35. The van der Waals surface area contributed by atoms with Crippen LogP contribution < -0.4 is 10.6 Å². The average molecular weight is 235 g/mol. The van der Waals surface area contributed by atoms with Gasteiger partial charge in [0, 0.05) is 32.2 Å². The van der Waals surface area contributed by atoms with Crippen LogP contribution in [-0.2, 0) is 6.54 Å². The van der Waals surface area contributed by atoms with Crippen LogP contribution in [0.1, 0.15) is 12.5 Å². The molecule has 1 aromatic rings. The SMILES string of the molecule is CC1CNCCN1Cc1ccccc1.CNC. The predicted octanol–water partition coefficient (Wildman–Crippen LogP) is 1.32. The Morgan fingerprint density at radius 2 is 1.94 bits per heavy atom. The van der Waals surface area contributed by atoms with E-state index in [0.29, 0.717) is 6.04 Å². The molecule has 1 fully saturated rings. The molecule has 0 amide bonds. The molecule has 1 unspecified atom stereocenters. The first-order valence-electron chi connectivity index (χ1n) is 6.35. The minimum Gasteiger partial charge on any atom is -0.323 e. The highest BCUT2D eigenvalue weighted by Gasteiger charge is 2.17. The van der Waals surface area contributed by atoms with Gasteiger partial charge in [-0.3, -0.25) is 4.90 Å². The van der Waals surface area contributed by atoms with Crippen LogP contribution in [0.4, 0.5) is 0 Å². The van der Waals surface area contributed by atoms with Crippen molar-refractivity contribution in [2.75, 3.05) is 33.7 Å².